The summed E-state index contributed by atoms with van der Waals surface area (Å²) in [5.41, 5.74) is 2.58. The molecule has 0 spiro atoms. The van der Waals surface area contributed by atoms with Gasteiger partial charge in [-0.25, -0.2) is 4.98 Å². The van der Waals surface area contributed by atoms with E-state index >= 15 is 0 Å². The van der Waals surface area contributed by atoms with Gasteiger partial charge in [0.1, 0.15) is 11.6 Å². The zero-order chi connectivity index (χ0) is 21.3. The van der Waals surface area contributed by atoms with Gasteiger partial charge < -0.3 is 19.9 Å². The van der Waals surface area contributed by atoms with Gasteiger partial charge in [-0.05, 0) is 42.3 Å². The molecule has 2 heterocycles. The van der Waals surface area contributed by atoms with Crippen LogP contribution in [0.3, 0.4) is 0 Å². The lowest BCUT2D eigenvalue weighted by atomic mass is 10.0. The number of methoxy groups -OCH3 is 1. The second-order valence-electron chi connectivity index (χ2n) is 7.97. The first-order chi connectivity index (χ1) is 14.5. The molecule has 1 aliphatic heterocycles. The van der Waals surface area contributed by atoms with Crippen LogP contribution < -0.4 is 15.0 Å². The number of imidazole rings is 1. The van der Waals surface area contributed by atoms with Gasteiger partial charge in [-0.15, -0.1) is 0 Å². The van der Waals surface area contributed by atoms with Crippen LogP contribution in [0.4, 0.5) is 5.69 Å². The van der Waals surface area contributed by atoms with Gasteiger partial charge >= 0.3 is 0 Å². The molecule has 0 aliphatic carbocycles. The van der Waals surface area contributed by atoms with Crippen molar-refractivity contribution in [2.24, 2.45) is 11.8 Å². The highest BCUT2D eigenvalue weighted by Gasteiger charge is 2.36. The lowest BCUT2D eigenvalue weighted by Crippen LogP contribution is -2.38. The molecule has 0 bridgehead atoms. The number of carbonyl (C=O) groups excluding carboxylic acids is 2. The fourth-order valence-electron chi connectivity index (χ4n) is 3.84. The van der Waals surface area contributed by atoms with E-state index in [-0.39, 0.29) is 30.2 Å². The van der Waals surface area contributed by atoms with Crippen LogP contribution in [-0.4, -0.2) is 35.4 Å². The molecule has 7 heteroatoms. The van der Waals surface area contributed by atoms with Gasteiger partial charge in [0.25, 0.3) is 0 Å². The van der Waals surface area contributed by atoms with Gasteiger partial charge in [-0.2, -0.15) is 0 Å². The average molecular weight is 406 g/mol. The number of H-pyrrole nitrogens is 1. The molecule has 1 aliphatic rings. The maximum atomic E-state index is 13.0. The van der Waals surface area contributed by atoms with Crippen molar-refractivity contribution in [3.63, 3.8) is 0 Å². The standard InChI is InChI=1S/C23H26N4O3/c1-14(2)21(22-24-18-6-4-5-7-19(18)25-22)26-23(29)15-12-20(28)27(13-15)16-8-10-17(30-3)11-9-16/h4-11,14-15,21H,12-13H2,1-3H3,(H,24,25)(H,26,29)/t15-,21-/m0/s1. The maximum absolute atomic E-state index is 13.0. The second-order valence-corrected chi connectivity index (χ2v) is 7.97. The Hall–Kier alpha value is -3.35. The molecule has 2 atom stereocenters. The molecule has 0 unspecified atom stereocenters. The number of hydrogen-bond acceptors (Lipinski definition) is 4. The van der Waals surface area contributed by atoms with Crippen molar-refractivity contribution >= 4 is 28.5 Å². The van der Waals surface area contributed by atoms with Crippen LogP contribution in [0.2, 0.25) is 0 Å². The Morgan fingerprint density at radius 1 is 1.20 bits per heavy atom. The van der Waals surface area contributed by atoms with Gasteiger partial charge in [0, 0.05) is 18.7 Å². The average Bonchev–Trinajstić information content (AvgIpc) is 3.35. The van der Waals surface area contributed by atoms with E-state index in [9.17, 15) is 9.59 Å². The molecular formula is C23H26N4O3. The highest BCUT2D eigenvalue weighted by Crippen LogP contribution is 2.28. The third-order valence-electron chi connectivity index (χ3n) is 5.55. The molecule has 156 valence electrons. The molecule has 30 heavy (non-hydrogen) atoms. The third-order valence-corrected chi connectivity index (χ3v) is 5.55. The van der Waals surface area contributed by atoms with E-state index in [1.165, 1.54) is 0 Å². The lowest BCUT2D eigenvalue weighted by molar-refractivity contribution is -0.127. The molecule has 7 nitrogen and oxygen atoms in total. The minimum atomic E-state index is -0.398. The van der Waals surface area contributed by atoms with Crippen molar-refractivity contribution in [3.8, 4) is 5.75 Å². The fraction of sp³-hybridized carbons (Fsp3) is 0.348. The molecule has 1 aromatic heterocycles. The minimum Gasteiger partial charge on any atom is -0.497 e. The van der Waals surface area contributed by atoms with Crippen LogP contribution in [0.15, 0.2) is 48.5 Å². The molecule has 3 aromatic rings. The summed E-state index contributed by atoms with van der Waals surface area (Å²) >= 11 is 0. The Morgan fingerprint density at radius 3 is 2.60 bits per heavy atom. The Labute approximate surface area is 175 Å². The van der Waals surface area contributed by atoms with E-state index in [1.54, 1.807) is 12.0 Å². The molecule has 1 saturated heterocycles. The number of carbonyl (C=O) groups is 2. The van der Waals surface area contributed by atoms with Crippen molar-refractivity contribution in [2.45, 2.75) is 26.3 Å². The summed E-state index contributed by atoms with van der Waals surface area (Å²) in [6, 6.07) is 14.8. The monoisotopic (exact) mass is 406 g/mol. The highest BCUT2D eigenvalue weighted by molar-refractivity contribution is 6.00. The topological polar surface area (TPSA) is 87.3 Å². The first-order valence-corrected chi connectivity index (χ1v) is 10.2. The van der Waals surface area contributed by atoms with Crippen LogP contribution in [0.5, 0.6) is 5.75 Å². The highest BCUT2D eigenvalue weighted by atomic mass is 16.5. The molecule has 2 amide bonds. The van der Waals surface area contributed by atoms with Crippen molar-refractivity contribution in [2.75, 3.05) is 18.6 Å². The predicted molar refractivity (Wildman–Crippen MR) is 115 cm³/mol. The summed E-state index contributed by atoms with van der Waals surface area (Å²) in [4.78, 5) is 35.2. The number of hydrogen-bond donors (Lipinski definition) is 2. The first kappa shape index (κ1) is 19.9. The normalized spacial score (nSPS) is 17.5. The number of nitrogens with one attached hydrogen (secondary N) is 2. The molecular weight excluding hydrogens is 380 g/mol. The quantitative estimate of drug-likeness (QED) is 0.656. The number of fused-ring (bicyclic) bond motifs is 1. The summed E-state index contributed by atoms with van der Waals surface area (Å²) in [6.45, 7) is 4.45. The van der Waals surface area contributed by atoms with Gasteiger partial charge in [0.15, 0.2) is 0 Å². The zero-order valence-corrected chi connectivity index (χ0v) is 17.4. The minimum absolute atomic E-state index is 0.0508. The van der Waals surface area contributed by atoms with E-state index in [0.717, 1.165) is 28.3 Å². The van der Waals surface area contributed by atoms with E-state index in [4.69, 9.17) is 4.74 Å². The number of aromatic amines is 1. The van der Waals surface area contributed by atoms with Gasteiger partial charge in [0.05, 0.1) is 30.1 Å². The van der Waals surface area contributed by atoms with Crippen molar-refractivity contribution < 1.29 is 14.3 Å². The molecule has 0 saturated carbocycles. The molecule has 2 aromatic carbocycles. The smallest absolute Gasteiger partial charge is 0.227 e. The Morgan fingerprint density at radius 2 is 1.93 bits per heavy atom. The van der Waals surface area contributed by atoms with Gasteiger partial charge in [0.2, 0.25) is 11.8 Å². The van der Waals surface area contributed by atoms with Crippen LogP contribution in [0.25, 0.3) is 11.0 Å². The van der Waals surface area contributed by atoms with Crippen LogP contribution in [0.1, 0.15) is 32.1 Å². The van der Waals surface area contributed by atoms with E-state index in [1.807, 2.05) is 62.4 Å². The molecule has 0 radical (unpaired) electrons. The first-order valence-electron chi connectivity index (χ1n) is 10.2. The maximum Gasteiger partial charge on any atom is 0.227 e. The summed E-state index contributed by atoms with van der Waals surface area (Å²) in [7, 11) is 1.60. The van der Waals surface area contributed by atoms with Crippen molar-refractivity contribution in [1.82, 2.24) is 15.3 Å². The summed E-state index contributed by atoms with van der Waals surface area (Å²) < 4.78 is 5.17. The fourth-order valence-corrected chi connectivity index (χ4v) is 3.84. The number of benzene rings is 2. The third kappa shape index (κ3) is 3.87. The number of rotatable bonds is 6. The predicted octanol–water partition coefficient (Wildman–Crippen LogP) is 3.44. The molecule has 1 fully saturated rings. The van der Waals surface area contributed by atoms with Gasteiger partial charge in [-0.1, -0.05) is 26.0 Å². The Kier molecular flexibility index (Phi) is 5.44. The Balaban J connectivity index is 1.48. The molecule has 2 N–H and O–H groups in total. The van der Waals surface area contributed by atoms with Crippen LogP contribution in [-0.2, 0) is 9.59 Å². The number of ether oxygens (including phenoxy) is 1. The number of anilines is 1. The zero-order valence-electron chi connectivity index (χ0n) is 17.4. The number of aromatic nitrogens is 2. The number of amides is 2. The largest absolute Gasteiger partial charge is 0.497 e. The Bertz CT molecular complexity index is 1020. The van der Waals surface area contributed by atoms with Crippen LogP contribution >= 0.6 is 0 Å². The van der Waals surface area contributed by atoms with Gasteiger partial charge in [-0.3, -0.25) is 9.59 Å². The summed E-state index contributed by atoms with van der Waals surface area (Å²) in [6.07, 6.45) is 0.197. The lowest BCUT2D eigenvalue weighted by Gasteiger charge is -2.22. The second kappa shape index (κ2) is 8.18. The summed E-state index contributed by atoms with van der Waals surface area (Å²) in [5, 5.41) is 3.11. The van der Waals surface area contributed by atoms with E-state index in [2.05, 4.69) is 15.3 Å². The SMILES string of the molecule is COc1ccc(N2C[C@@H](C(=O)N[C@H](c3nc4ccccc4[nH]3)C(C)C)CC2=O)cc1. The van der Waals surface area contributed by atoms with Crippen molar-refractivity contribution in [1.29, 1.82) is 0 Å². The van der Waals surface area contributed by atoms with Crippen molar-refractivity contribution in [3.05, 3.63) is 54.4 Å². The van der Waals surface area contributed by atoms with E-state index < -0.39 is 5.92 Å². The molecule has 4 rings (SSSR count). The number of para-hydroxylation sites is 2. The van der Waals surface area contributed by atoms with E-state index in [0.29, 0.717) is 6.54 Å². The van der Waals surface area contributed by atoms with Crippen LogP contribution in [0, 0.1) is 11.8 Å². The summed E-state index contributed by atoms with van der Waals surface area (Å²) in [5.74, 6) is 1.03. The number of nitrogens with zero attached hydrogens (tertiary/aromatic N) is 2.